The zero-order valence-electron chi connectivity index (χ0n) is 10.7. The molecule has 19 heavy (non-hydrogen) atoms. The first-order chi connectivity index (χ1) is 9.33. The van der Waals surface area contributed by atoms with Gasteiger partial charge in [-0.2, -0.15) is 0 Å². The molecule has 0 amide bonds. The lowest BCUT2D eigenvalue weighted by molar-refractivity contribution is 0.300. The number of anilines is 1. The number of hydrogen-bond acceptors (Lipinski definition) is 1. The van der Waals surface area contributed by atoms with Crippen LogP contribution in [0.4, 0.5) is 5.69 Å². The number of nitrogens with zero attached hydrogens (tertiary/aromatic N) is 1. The molecule has 1 saturated carbocycles. The second kappa shape index (κ2) is 4.41. The van der Waals surface area contributed by atoms with Gasteiger partial charge in [0, 0.05) is 28.5 Å². The summed E-state index contributed by atoms with van der Waals surface area (Å²) in [6, 6.07) is 12.1. The number of hydrogen-bond donors (Lipinski definition) is 1. The molecule has 1 fully saturated rings. The standard InChI is InChI=1S/C16H17BrN2/c17-11-6-7-12-13-4-3-5-15(19-8-1-2-9-19)16(13)18-14(12)10-11/h1-2,6-10,13,15-16,18H,3-5H2. The van der Waals surface area contributed by atoms with Gasteiger partial charge < -0.3 is 9.88 Å². The maximum absolute atomic E-state index is 3.76. The quantitative estimate of drug-likeness (QED) is 0.816. The zero-order valence-corrected chi connectivity index (χ0v) is 12.3. The van der Waals surface area contributed by atoms with Gasteiger partial charge in [0.25, 0.3) is 0 Å². The van der Waals surface area contributed by atoms with Crippen LogP contribution in [0.3, 0.4) is 0 Å². The minimum Gasteiger partial charge on any atom is -0.379 e. The molecule has 1 N–H and O–H groups in total. The molecule has 2 heterocycles. The smallest absolute Gasteiger partial charge is 0.0538 e. The molecule has 0 saturated heterocycles. The van der Waals surface area contributed by atoms with Crippen molar-refractivity contribution in [1.29, 1.82) is 0 Å². The third kappa shape index (κ3) is 1.83. The highest BCUT2D eigenvalue weighted by Crippen LogP contribution is 2.48. The molecule has 0 bridgehead atoms. The molecule has 1 aromatic heterocycles. The Morgan fingerprint density at radius 1 is 1.16 bits per heavy atom. The number of rotatable bonds is 1. The fourth-order valence-corrected chi connectivity index (χ4v) is 4.14. The highest BCUT2D eigenvalue weighted by molar-refractivity contribution is 9.10. The van der Waals surface area contributed by atoms with Crippen molar-refractivity contribution in [2.75, 3.05) is 5.32 Å². The largest absolute Gasteiger partial charge is 0.379 e. The van der Waals surface area contributed by atoms with Crippen molar-refractivity contribution in [2.45, 2.75) is 37.3 Å². The van der Waals surface area contributed by atoms with Gasteiger partial charge in [0.05, 0.1) is 12.1 Å². The molecular formula is C16H17BrN2. The fraction of sp³-hybridized carbons (Fsp3) is 0.375. The molecule has 2 aliphatic rings. The van der Waals surface area contributed by atoms with Gasteiger partial charge in [0.15, 0.2) is 0 Å². The highest BCUT2D eigenvalue weighted by Gasteiger charge is 2.40. The van der Waals surface area contributed by atoms with E-state index >= 15 is 0 Å². The van der Waals surface area contributed by atoms with Gasteiger partial charge in [-0.25, -0.2) is 0 Å². The number of halogens is 1. The number of fused-ring (bicyclic) bond motifs is 3. The molecule has 3 atom stereocenters. The van der Waals surface area contributed by atoms with Crippen LogP contribution in [0, 0.1) is 0 Å². The van der Waals surface area contributed by atoms with Crippen LogP contribution in [0.15, 0.2) is 47.2 Å². The minimum atomic E-state index is 0.547. The first-order valence-electron chi connectivity index (χ1n) is 7.01. The van der Waals surface area contributed by atoms with Crippen molar-refractivity contribution < 1.29 is 0 Å². The SMILES string of the molecule is Brc1ccc2c(c1)NC1C2CCCC1n1cccc1. The molecule has 98 valence electrons. The van der Waals surface area contributed by atoms with Crippen LogP contribution >= 0.6 is 15.9 Å². The van der Waals surface area contributed by atoms with E-state index in [1.807, 2.05) is 0 Å². The van der Waals surface area contributed by atoms with Gasteiger partial charge in [-0.1, -0.05) is 28.4 Å². The Morgan fingerprint density at radius 2 is 2.00 bits per heavy atom. The van der Waals surface area contributed by atoms with Crippen LogP contribution in [0.5, 0.6) is 0 Å². The molecule has 3 heteroatoms. The summed E-state index contributed by atoms with van der Waals surface area (Å²) in [5.74, 6) is 0.671. The molecule has 2 aromatic rings. The predicted molar refractivity (Wildman–Crippen MR) is 81.6 cm³/mol. The Bertz CT molecular complexity index is 591. The van der Waals surface area contributed by atoms with Gasteiger partial charge in [-0.3, -0.25) is 0 Å². The van der Waals surface area contributed by atoms with E-state index in [9.17, 15) is 0 Å². The zero-order chi connectivity index (χ0) is 12.8. The summed E-state index contributed by atoms with van der Waals surface area (Å²) in [6.45, 7) is 0. The summed E-state index contributed by atoms with van der Waals surface area (Å²) in [7, 11) is 0. The maximum atomic E-state index is 3.76. The van der Waals surface area contributed by atoms with Crippen molar-refractivity contribution in [2.24, 2.45) is 0 Å². The number of nitrogens with one attached hydrogen (secondary N) is 1. The first kappa shape index (κ1) is 11.6. The van der Waals surface area contributed by atoms with Crippen molar-refractivity contribution in [3.8, 4) is 0 Å². The molecule has 1 aliphatic heterocycles. The molecule has 4 rings (SSSR count). The number of aromatic nitrogens is 1. The molecule has 3 unspecified atom stereocenters. The summed E-state index contributed by atoms with van der Waals surface area (Å²) in [5, 5.41) is 3.76. The second-order valence-electron chi connectivity index (χ2n) is 5.64. The lowest BCUT2D eigenvalue weighted by atomic mass is 9.79. The van der Waals surface area contributed by atoms with Crippen molar-refractivity contribution in [3.63, 3.8) is 0 Å². The van der Waals surface area contributed by atoms with Gasteiger partial charge in [0.1, 0.15) is 0 Å². The van der Waals surface area contributed by atoms with E-state index in [2.05, 4.69) is 68.5 Å². The minimum absolute atomic E-state index is 0.547. The van der Waals surface area contributed by atoms with Crippen LogP contribution in [0.25, 0.3) is 0 Å². The van der Waals surface area contributed by atoms with Gasteiger partial charge in [0.2, 0.25) is 0 Å². The summed E-state index contributed by atoms with van der Waals surface area (Å²) >= 11 is 3.57. The van der Waals surface area contributed by atoms with Crippen LogP contribution in [-0.4, -0.2) is 10.6 Å². The van der Waals surface area contributed by atoms with Gasteiger partial charge in [-0.15, -0.1) is 0 Å². The van der Waals surface area contributed by atoms with E-state index in [1.165, 1.54) is 30.5 Å². The van der Waals surface area contributed by atoms with Gasteiger partial charge in [-0.05, 0) is 42.7 Å². The summed E-state index contributed by atoms with van der Waals surface area (Å²) in [4.78, 5) is 0. The van der Waals surface area contributed by atoms with E-state index in [0.29, 0.717) is 18.0 Å². The van der Waals surface area contributed by atoms with E-state index in [1.54, 1.807) is 0 Å². The third-order valence-electron chi connectivity index (χ3n) is 4.61. The Kier molecular flexibility index (Phi) is 2.69. The van der Waals surface area contributed by atoms with Crippen LogP contribution < -0.4 is 5.32 Å². The Morgan fingerprint density at radius 3 is 2.84 bits per heavy atom. The lowest BCUT2D eigenvalue weighted by Crippen LogP contribution is -2.35. The van der Waals surface area contributed by atoms with Crippen molar-refractivity contribution in [3.05, 3.63) is 52.8 Å². The highest BCUT2D eigenvalue weighted by atomic mass is 79.9. The molecule has 2 nitrogen and oxygen atoms in total. The van der Waals surface area contributed by atoms with Gasteiger partial charge >= 0.3 is 0 Å². The van der Waals surface area contributed by atoms with E-state index < -0.39 is 0 Å². The fourth-order valence-electron chi connectivity index (χ4n) is 3.78. The van der Waals surface area contributed by atoms with Crippen LogP contribution in [-0.2, 0) is 0 Å². The average Bonchev–Trinajstić information content (AvgIpc) is 3.04. The Balaban J connectivity index is 1.72. The third-order valence-corrected chi connectivity index (χ3v) is 5.10. The summed E-state index contributed by atoms with van der Waals surface area (Å²) in [6.07, 6.45) is 8.31. The second-order valence-corrected chi connectivity index (χ2v) is 6.55. The molecular weight excluding hydrogens is 300 g/mol. The van der Waals surface area contributed by atoms with Crippen molar-refractivity contribution in [1.82, 2.24) is 4.57 Å². The molecule has 1 aliphatic carbocycles. The first-order valence-corrected chi connectivity index (χ1v) is 7.81. The van der Waals surface area contributed by atoms with Crippen LogP contribution in [0.2, 0.25) is 0 Å². The monoisotopic (exact) mass is 316 g/mol. The summed E-state index contributed by atoms with van der Waals surface area (Å²) in [5.41, 5.74) is 2.83. The van der Waals surface area contributed by atoms with E-state index in [-0.39, 0.29) is 0 Å². The normalized spacial score (nSPS) is 28.6. The molecule has 0 radical (unpaired) electrons. The Hall–Kier alpha value is -1.22. The van der Waals surface area contributed by atoms with Crippen LogP contribution in [0.1, 0.15) is 36.8 Å². The van der Waals surface area contributed by atoms with Crippen molar-refractivity contribution >= 4 is 21.6 Å². The molecule has 0 spiro atoms. The average molecular weight is 317 g/mol. The maximum Gasteiger partial charge on any atom is 0.0538 e. The lowest BCUT2D eigenvalue weighted by Gasteiger charge is -2.35. The van der Waals surface area contributed by atoms with E-state index in [4.69, 9.17) is 0 Å². The Labute approximate surface area is 122 Å². The molecule has 1 aromatic carbocycles. The predicted octanol–water partition coefficient (Wildman–Crippen LogP) is 4.55. The van der Waals surface area contributed by atoms with E-state index in [0.717, 1.165) is 4.47 Å². The topological polar surface area (TPSA) is 17.0 Å². The number of benzene rings is 1. The summed E-state index contributed by atoms with van der Waals surface area (Å²) < 4.78 is 3.54.